The number of benzene rings is 2. The lowest BCUT2D eigenvalue weighted by Crippen LogP contribution is -2.66. The van der Waals surface area contributed by atoms with Crippen LogP contribution in [0.25, 0.3) is 0 Å². The van der Waals surface area contributed by atoms with Crippen molar-refractivity contribution in [2.45, 2.75) is 37.8 Å². The van der Waals surface area contributed by atoms with Crippen LogP contribution in [0.4, 0.5) is 18.0 Å². The first-order chi connectivity index (χ1) is 16.0. The molecule has 4 rings (SSSR count). The molecule has 8 heteroatoms. The Morgan fingerprint density at radius 3 is 2.67 bits per heavy atom. The third-order valence-corrected chi connectivity index (χ3v) is 6.19. The molecular weight excluding hydrogens is 433 g/mol. The molecule has 0 radical (unpaired) electrons. The lowest BCUT2D eigenvalue weighted by molar-refractivity contribution is 0.0113. The fourth-order valence-electron chi connectivity index (χ4n) is 4.60. The van der Waals surface area contributed by atoms with Crippen molar-refractivity contribution in [1.82, 2.24) is 10.2 Å². The molecule has 5 nitrogen and oxygen atoms in total. The number of amides is 1. The van der Waals surface area contributed by atoms with Crippen LogP contribution in [0.15, 0.2) is 48.6 Å². The summed E-state index contributed by atoms with van der Waals surface area (Å²) in [6.07, 6.45) is 5.66. The summed E-state index contributed by atoms with van der Waals surface area (Å²) in [5.74, 6) is -4.07. The average molecular weight is 460 g/mol. The van der Waals surface area contributed by atoms with Gasteiger partial charge in [0.2, 0.25) is 5.82 Å². The molecule has 0 spiro atoms. The van der Waals surface area contributed by atoms with Gasteiger partial charge in [-0.25, -0.2) is 13.6 Å². The highest BCUT2D eigenvalue weighted by atomic mass is 19.2. The first kappa shape index (κ1) is 23.2. The highest BCUT2D eigenvalue weighted by Gasteiger charge is 2.48. The summed E-state index contributed by atoms with van der Waals surface area (Å²) in [4.78, 5) is 14.6. The number of carbonyl (C=O) groups excluding carboxylic acids is 1. The largest absolute Gasteiger partial charge is 0.488 e. The van der Waals surface area contributed by atoms with Crippen molar-refractivity contribution in [3.63, 3.8) is 0 Å². The van der Waals surface area contributed by atoms with Crippen LogP contribution < -0.4 is 10.1 Å². The zero-order chi connectivity index (χ0) is 23.4. The Balaban J connectivity index is 1.42. The van der Waals surface area contributed by atoms with Gasteiger partial charge in [0.1, 0.15) is 0 Å². The van der Waals surface area contributed by atoms with Gasteiger partial charge in [0.05, 0.1) is 24.8 Å². The third kappa shape index (κ3) is 4.57. The quantitative estimate of drug-likeness (QED) is 0.370. The van der Waals surface area contributed by atoms with Crippen LogP contribution in [0, 0.1) is 17.5 Å². The Morgan fingerprint density at radius 2 is 1.91 bits per heavy atom. The van der Waals surface area contributed by atoms with Crippen molar-refractivity contribution < 1.29 is 27.4 Å². The van der Waals surface area contributed by atoms with Crippen molar-refractivity contribution in [2.75, 3.05) is 26.3 Å². The molecule has 1 amide bonds. The second-order valence-electron chi connectivity index (χ2n) is 8.25. The smallest absolute Gasteiger partial charge is 0.411 e. The van der Waals surface area contributed by atoms with E-state index < -0.39 is 28.7 Å². The van der Waals surface area contributed by atoms with Crippen LogP contribution >= 0.6 is 0 Å². The van der Waals surface area contributed by atoms with Gasteiger partial charge in [-0.1, -0.05) is 36.4 Å². The maximum Gasteiger partial charge on any atom is 0.411 e. The van der Waals surface area contributed by atoms with Crippen molar-refractivity contribution >= 4 is 6.09 Å². The van der Waals surface area contributed by atoms with E-state index in [9.17, 15) is 18.0 Å². The van der Waals surface area contributed by atoms with Gasteiger partial charge >= 0.3 is 6.09 Å². The summed E-state index contributed by atoms with van der Waals surface area (Å²) in [6.45, 7) is 3.48. The van der Waals surface area contributed by atoms with E-state index in [0.29, 0.717) is 39.0 Å². The first-order valence-electron chi connectivity index (χ1n) is 11.2. The number of hydrogen-bond donors (Lipinski definition) is 1. The van der Waals surface area contributed by atoms with Gasteiger partial charge in [0.25, 0.3) is 0 Å². The maximum absolute atomic E-state index is 13.7. The van der Waals surface area contributed by atoms with E-state index >= 15 is 0 Å². The van der Waals surface area contributed by atoms with E-state index in [1.807, 2.05) is 35.2 Å². The number of hydrogen-bond acceptors (Lipinski definition) is 4. The van der Waals surface area contributed by atoms with E-state index in [0.717, 1.165) is 23.3 Å². The number of carbonyl (C=O) groups is 1. The molecule has 0 aromatic heterocycles. The molecule has 2 heterocycles. The molecule has 1 N–H and O–H groups in total. The number of nitrogens with zero attached hydrogens (tertiary/aromatic N) is 1. The van der Waals surface area contributed by atoms with Gasteiger partial charge in [-0.2, -0.15) is 4.39 Å². The normalized spacial score (nSPS) is 21.7. The number of halogens is 3. The highest BCUT2D eigenvalue weighted by Crippen LogP contribution is 2.40. The van der Waals surface area contributed by atoms with E-state index in [1.54, 1.807) is 6.92 Å². The Labute approximate surface area is 191 Å². The number of rotatable bonds is 7. The summed E-state index contributed by atoms with van der Waals surface area (Å²) in [7, 11) is 0. The Morgan fingerprint density at radius 1 is 1.15 bits per heavy atom. The third-order valence-electron chi connectivity index (χ3n) is 6.19. The maximum atomic E-state index is 13.7. The van der Waals surface area contributed by atoms with Crippen LogP contribution in [0.3, 0.4) is 0 Å². The van der Waals surface area contributed by atoms with Gasteiger partial charge in [-0.05, 0) is 49.4 Å². The van der Waals surface area contributed by atoms with Crippen LogP contribution in [-0.4, -0.2) is 43.3 Å². The van der Waals surface area contributed by atoms with Crippen molar-refractivity contribution in [1.29, 1.82) is 0 Å². The van der Waals surface area contributed by atoms with Crippen LogP contribution in [0.1, 0.15) is 30.9 Å². The SMILES string of the molecule is CCOC(=O)N1C2C=CCC1(c1ccc(CCCOc3c(F)ccc(F)c3F)cc1)CNC2. The molecular formula is C25H27F3N2O3. The van der Waals surface area contributed by atoms with Crippen molar-refractivity contribution in [3.05, 3.63) is 77.1 Å². The molecule has 2 atom stereocenters. The first-order valence-corrected chi connectivity index (χ1v) is 11.2. The lowest BCUT2D eigenvalue weighted by atomic mass is 9.78. The van der Waals surface area contributed by atoms with Crippen LogP contribution in [-0.2, 0) is 16.7 Å². The van der Waals surface area contributed by atoms with E-state index in [1.165, 1.54) is 0 Å². The molecule has 2 unspecified atom stereocenters. The topological polar surface area (TPSA) is 50.8 Å². The standard InChI is InChI=1S/C25H27F3N2O3/c1-2-32-24(31)30-19-6-3-13-25(30,16-29-15-19)18-9-7-17(8-10-18)5-4-14-33-23-21(27)12-11-20(26)22(23)28/h3,6-12,19,29H,2,4-5,13-16H2,1H3. The number of fused-ring (bicyclic) bond motifs is 2. The molecule has 2 aromatic carbocycles. The van der Waals surface area contributed by atoms with Crippen molar-refractivity contribution in [3.8, 4) is 5.75 Å². The predicted molar refractivity (Wildman–Crippen MR) is 118 cm³/mol. The van der Waals surface area contributed by atoms with Gasteiger partial charge < -0.3 is 14.8 Å². The molecule has 2 aromatic rings. The van der Waals surface area contributed by atoms with Gasteiger partial charge in [0.15, 0.2) is 17.4 Å². The molecule has 2 bridgehead atoms. The van der Waals surface area contributed by atoms with E-state index in [2.05, 4.69) is 11.4 Å². The zero-order valence-electron chi connectivity index (χ0n) is 18.5. The zero-order valence-corrected chi connectivity index (χ0v) is 18.5. The summed E-state index contributed by atoms with van der Waals surface area (Å²) in [6, 6.07) is 9.50. The summed E-state index contributed by atoms with van der Waals surface area (Å²) in [5, 5.41) is 3.43. The van der Waals surface area contributed by atoms with Gasteiger partial charge in [0, 0.05) is 13.1 Å². The molecule has 1 saturated heterocycles. The summed E-state index contributed by atoms with van der Waals surface area (Å²) in [5.41, 5.74) is 1.52. The average Bonchev–Trinajstić information content (AvgIpc) is 2.81. The fourth-order valence-corrected chi connectivity index (χ4v) is 4.60. The van der Waals surface area contributed by atoms with Crippen LogP contribution in [0.5, 0.6) is 5.75 Å². The molecule has 2 aliphatic rings. The Bertz CT molecular complexity index is 1030. The van der Waals surface area contributed by atoms with Gasteiger partial charge in [-0.15, -0.1) is 0 Å². The van der Waals surface area contributed by atoms with E-state index in [-0.39, 0.29) is 18.7 Å². The lowest BCUT2D eigenvalue weighted by Gasteiger charge is -2.52. The number of piperazine rings is 1. The van der Waals surface area contributed by atoms with E-state index in [4.69, 9.17) is 9.47 Å². The molecule has 176 valence electrons. The molecule has 1 fully saturated rings. The second kappa shape index (κ2) is 9.87. The minimum absolute atomic E-state index is 0.0516. The molecule has 0 saturated carbocycles. The van der Waals surface area contributed by atoms with Crippen molar-refractivity contribution in [2.24, 2.45) is 0 Å². The fraction of sp³-hybridized carbons (Fsp3) is 0.400. The van der Waals surface area contributed by atoms with Gasteiger partial charge in [-0.3, -0.25) is 4.90 Å². The number of aryl methyl sites for hydroxylation is 1. The number of nitrogens with one attached hydrogen (secondary N) is 1. The summed E-state index contributed by atoms with van der Waals surface area (Å²) >= 11 is 0. The minimum Gasteiger partial charge on any atom is -0.488 e. The number of ether oxygens (including phenoxy) is 2. The predicted octanol–water partition coefficient (Wildman–Crippen LogP) is 4.70. The molecule has 33 heavy (non-hydrogen) atoms. The molecule has 2 aliphatic heterocycles. The van der Waals surface area contributed by atoms with Crippen LogP contribution in [0.2, 0.25) is 0 Å². The second-order valence-corrected chi connectivity index (χ2v) is 8.25. The molecule has 0 aliphatic carbocycles. The Kier molecular flexibility index (Phi) is 6.93. The highest BCUT2D eigenvalue weighted by molar-refractivity contribution is 5.71. The monoisotopic (exact) mass is 460 g/mol. The Hall–Kier alpha value is -3.00. The summed E-state index contributed by atoms with van der Waals surface area (Å²) < 4.78 is 51.1. The minimum atomic E-state index is -1.31.